The third-order valence-electron chi connectivity index (χ3n) is 7.98. The number of hydrogen-bond donors (Lipinski definition) is 2. The van der Waals surface area contributed by atoms with Crippen LogP contribution in [0.2, 0.25) is 20.1 Å². The smallest absolute Gasteiger partial charge is 0.327 e. The van der Waals surface area contributed by atoms with Crippen LogP contribution in [0.25, 0.3) is 0 Å². The van der Waals surface area contributed by atoms with Crippen LogP contribution >= 0.6 is 88.9 Å². The quantitative estimate of drug-likeness (QED) is 0.100. The van der Waals surface area contributed by atoms with E-state index in [2.05, 4.69) is 56.0 Å². The van der Waals surface area contributed by atoms with Crippen LogP contribution in [0.15, 0.2) is 67.5 Å². The standard InChI is InChI=1S/C17H15BrCl2N2O6S.C12H7BrCl3NO4S.C5H9NO2.H2/c1-26-12-8-21-14(28-15-10(19)5-9(18)6-11(15)20)7-13(12)29(24,25)22-17(3-4-17)16(23)27-2;1-20-9-5-17-11(4-10(9)22(16,18)19)21-12-7(14)2-6(13)3-8(12)15;1-8-4(7)5(6)2-3-5;/h5-8,22H,3-4H2,1-2H3;2-5H,1H3;2-3,6H2,1H3;1H. The number of nitrogens with one attached hydrogen (secondary N) is 1. The zero-order valence-electron chi connectivity index (χ0n) is 30.8. The Hall–Kier alpha value is -2.89. The molecule has 16 nitrogen and oxygen atoms in total. The van der Waals surface area contributed by atoms with Crippen molar-refractivity contribution in [2.24, 2.45) is 5.73 Å². The minimum atomic E-state index is -4.16. The lowest BCUT2D eigenvalue weighted by Gasteiger charge is -2.17. The molecule has 0 radical (unpaired) electrons. The average Bonchev–Trinajstić information content (AvgIpc) is 4.11. The van der Waals surface area contributed by atoms with E-state index in [9.17, 15) is 26.4 Å². The molecule has 2 saturated carbocycles. The molecule has 0 amide bonds. The number of carbonyl (C=O) groups is 2. The summed E-state index contributed by atoms with van der Waals surface area (Å²) in [4.78, 5) is 29.9. The number of nitrogens with two attached hydrogens (primary N) is 1. The van der Waals surface area contributed by atoms with Crippen LogP contribution in [0.5, 0.6) is 34.8 Å². The van der Waals surface area contributed by atoms with E-state index in [1.807, 2.05) is 0 Å². The third kappa shape index (κ3) is 12.6. The summed E-state index contributed by atoms with van der Waals surface area (Å²) in [5, 5.41) is 0.860. The van der Waals surface area contributed by atoms with Gasteiger partial charge in [-0.1, -0.05) is 78.3 Å². The minimum absolute atomic E-state index is 0. The molecule has 0 saturated heterocycles. The summed E-state index contributed by atoms with van der Waals surface area (Å²) in [5.41, 5.74) is 3.55. The number of methoxy groups -OCH3 is 4. The Morgan fingerprint density at radius 2 is 1.08 bits per heavy atom. The highest BCUT2D eigenvalue weighted by molar-refractivity contribution is 9.10. The molecule has 6 rings (SSSR count). The lowest BCUT2D eigenvalue weighted by Crippen LogP contribution is -2.43. The number of ether oxygens (including phenoxy) is 6. The Labute approximate surface area is 381 Å². The topological polar surface area (TPSA) is 222 Å². The van der Waals surface area contributed by atoms with Crippen molar-refractivity contribution in [2.75, 3.05) is 28.4 Å². The predicted molar refractivity (Wildman–Crippen MR) is 228 cm³/mol. The number of aromatic nitrogens is 2. The Morgan fingerprint density at radius 1 is 0.695 bits per heavy atom. The normalized spacial score (nSPS) is 14.6. The van der Waals surface area contributed by atoms with Gasteiger partial charge in [-0.2, -0.15) is 4.72 Å². The zero-order valence-corrected chi connectivity index (χ0v) is 39.4. The summed E-state index contributed by atoms with van der Waals surface area (Å²) in [5.74, 6) is -0.849. The molecule has 0 unspecified atom stereocenters. The molecule has 59 heavy (non-hydrogen) atoms. The number of halogens is 7. The SMILES string of the molecule is COC(=O)C1(N)CC1.COC(=O)C1(NS(=O)(=O)c2cc(Oc3c(Cl)cc(Br)cc3Cl)ncc2OC)CC1.COc1cnc(Oc2c(Cl)cc(Br)cc2Cl)cc1S(=O)(=O)Cl.[HH]. The van der Waals surface area contributed by atoms with Gasteiger partial charge in [0.2, 0.25) is 21.8 Å². The maximum atomic E-state index is 12.9. The van der Waals surface area contributed by atoms with E-state index in [0.29, 0.717) is 21.8 Å². The highest BCUT2D eigenvalue weighted by Crippen LogP contribution is 2.42. The molecule has 4 aromatic rings. The lowest BCUT2D eigenvalue weighted by atomic mass is 10.3. The van der Waals surface area contributed by atoms with E-state index in [0.717, 1.165) is 25.0 Å². The van der Waals surface area contributed by atoms with Crippen molar-refractivity contribution in [2.45, 2.75) is 46.6 Å². The fourth-order valence-electron chi connectivity index (χ4n) is 4.62. The van der Waals surface area contributed by atoms with Gasteiger partial charge in [0.05, 0.1) is 60.9 Å². The van der Waals surface area contributed by atoms with Crippen LogP contribution in [-0.4, -0.2) is 78.3 Å². The molecule has 2 aliphatic rings. The number of benzene rings is 2. The van der Waals surface area contributed by atoms with Gasteiger partial charge in [0.25, 0.3) is 9.05 Å². The van der Waals surface area contributed by atoms with E-state index in [4.69, 9.17) is 81.8 Å². The summed E-state index contributed by atoms with van der Waals surface area (Å²) in [6.07, 6.45) is 4.58. The summed E-state index contributed by atoms with van der Waals surface area (Å²) in [7, 11) is 2.30. The maximum Gasteiger partial charge on any atom is 0.327 e. The van der Waals surface area contributed by atoms with Crippen molar-refractivity contribution in [1.82, 2.24) is 14.7 Å². The molecule has 0 aliphatic heterocycles. The first kappa shape index (κ1) is 48.8. The highest BCUT2D eigenvalue weighted by Gasteiger charge is 2.54. The van der Waals surface area contributed by atoms with Crippen LogP contribution in [0.3, 0.4) is 0 Å². The molecule has 0 atom stereocenters. The first-order chi connectivity index (χ1) is 27.5. The molecule has 25 heteroatoms. The van der Waals surface area contributed by atoms with Gasteiger partial charge >= 0.3 is 11.9 Å². The van der Waals surface area contributed by atoms with Crippen molar-refractivity contribution in [1.29, 1.82) is 0 Å². The summed E-state index contributed by atoms with van der Waals surface area (Å²) in [6, 6.07) is 8.56. The molecule has 3 N–H and O–H groups in total. The summed E-state index contributed by atoms with van der Waals surface area (Å²) >= 11 is 30.9. The molecule has 2 fully saturated rings. The van der Waals surface area contributed by atoms with Gasteiger partial charge in [-0.05, 0) is 49.9 Å². The monoisotopic (exact) mass is 1090 g/mol. The average molecular weight is 1090 g/mol. The van der Waals surface area contributed by atoms with E-state index in [-0.39, 0.29) is 72.0 Å². The van der Waals surface area contributed by atoms with Gasteiger partial charge in [-0.3, -0.25) is 9.59 Å². The number of hydrogen-bond acceptors (Lipinski definition) is 15. The van der Waals surface area contributed by atoms with E-state index < -0.39 is 36.1 Å². The molecule has 2 aliphatic carbocycles. The number of nitrogens with zero attached hydrogens (tertiary/aromatic N) is 2. The van der Waals surface area contributed by atoms with Crippen LogP contribution in [0.1, 0.15) is 27.1 Å². The van der Waals surface area contributed by atoms with E-state index in [1.165, 1.54) is 40.8 Å². The minimum Gasteiger partial charge on any atom is -0.494 e. The van der Waals surface area contributed by atoms with Crippen LogP contribution in [0.4, 0.5) is 0 Å². The van der Waals surface area contributed by atoms with Crippen molar-refractivity contribution >= 4 is 120 Å². The molecule has 0 spiro atoms. The predicted octanol–water partition coefficient (Wildman–Crippen LogP) is 8.71. The van der Waals surface area contributed by atoms with Gasteiger partial charge < -0.3 is 34.2 Å². The molecular weight excluding hydrogens is 1060 g/mol. The Morgan fingerprint density at radius 3 is 1.41 bits per heavy atom. The van der Waals surface area contributed by atoms with E-state index >= 15 is 0 Å². The Bertz CT molecular complexity index is 2440. The molecule has 0 bridgehead atoms. The molecule has 2 aromatic heterocycles. The second kappa shape index (κ2) is 19.9. The van der Waals surface area contributed by atoms with Crippen molar-refractivity contribution in [3.63, 3.8) is 0 Å². The second-order valence-corrected chi connectivity index (χ2v) is 19.9. The van der Waals surface area contributed by atoms with E-state index in [1.54, 1.807) is 24.3 Å². The van der Waals surface area contributed by atoms with Gasteiger partial charge in [0.15, 0.2) is 23.0 Å². The molecule has 2 aromatic carbocycles. The maximum absolute atomic E-state index is 12.9. The number of carbonyl (C=O) groups excluding carboxylic acids is 2. The summed E-state index contributed by atoms with van der Waals surface area (Å²) < 4.78 is 82.8. The van der Waals surface area contributed by atoms with Crippen LogP contribution < -0.4 is 29.4 Å². The van der Waals surface area contributed by atoms with Crippen LogP contribution in [0, 0.1) is 0 Å². The fourth-order valence-corrected chi connectivity index (χ4v) is 9.74. The third-order valence-corrected chi connectivity index (χ3v) is 12.9. The first-order valence-electron chi connectivity index (χ1n) is 16.2. The van der Waals surface area contributed by atoms with Gasteiger partial charge in [-0.15, -0.1) is 0 Å². The Balaban J connectivity index is 0.000000273. The van der Waals surface area contributed by atoms with Crippen LogP contribution in [-0.2, 0) is 38.1 Å². The molecule has 2 heterocycles. The first-order valence-corrected chi connectivity index (χ1v) is 23.1. The fraction of sp³-hybridized carbons (Fsp3) is 0.294. The number of rotatable bonds is 12. The highest BCUT2D eigenvalue weighted by atomic mass is 79.9. The largest absolute Gasteiger partial charge is 0.494 e. The number of sulfonamides is 1. The number of pyridine rings is 2. The Kier molecular flexibility index (Phi) is 16.4. The van der Waals surface area contributed by atoms with Crippen molar-refractivity contribution in [3.8, 4) is 34.8 Å². The summed E-state index contributed by atoms with van der Waals surface area (Å²) in [6.45, 7) is 0. The van der Waals surface area contributed by atoms with Crippen molar-refractivity contribution < 1.29 is 56.3 Å². The number of esters is 2. The van der Waals surface area contributed by atoms with Gasteiger partial charge in [0.1, 0.15) is 20.9 Å². The van der Waals surface area contributed by atoms with Gasteiger partial charge in [0, 0.05) is 33.2 Å². The van der Waals surface area contributed by atoms with Gasteiger partial charge in [-0.25, -0.2) is 26.8 Å². The zero-order chi connectivity index (χ0) is 44.1. The second-order valence-electron chi connectivity index (χ2n) is 12.2. The molecule has 322 valence electrons. The molecular formula is C34H33Br2Cl5N4O12S2. The van der Waals surface area contributed by atoms with Crippen molar-refractivity contribution in [3.05, 3.63) is 77.8 Å². The lowest BCUT2D eigenvalue weighted by molar-refractivity contribution is -0.144.